The topological polar surface area (TPSA) is 38.7 Å². The monoisotopic (exact) mass is 340 g/mol. The third-order valence-electron chi connectivity index (χ3n) is 2.84. The van der Waals surface area contributed by atoms with Crippen LogP contribution in [0, 0.1) is 5.82 Å². The summed E-state index contributed by atoms with van der Waals surface area (Å²) in [7, 11) is 1.56. The molecule has 106 valence electrons. The van der Waals surface area contributed by atoms with Crippen LogP contribution in [-0.4, -0.2) is 12.2 Å². The van der Waals surface area contributed by atoms with E-state index in [1.165, 1.54) is 12.1 Å². The molecule has 0 bridgehead atoms. The summed E-state index contributed by atoms with van der Waals surface area (Å²) in [5, 5.41) is 9.29. The van der Waals surface area contributed by atoms with Crippen molar-refractivity contribution in [3.05, 3.63) is 57.8 Å². The number of halogens is 2. The third kappa shape index (κ3) is 3.49. The van der Waals surface area contributed by atoms with Gasteiger partial charge in [0, 0.05) is 21.7 Å². The van der Waals surface area contributed by atoms with Crippen LogP contribution in [0.4, 0.5) is 4.39 Å². The maximum atomic E-state index is 13.0. The van der Waals surface area contributed by atoms with Crippen molar-refractivity contribution in [2.75, 3.05) is 7.11 Å². The van der Waals surface area contributed by atoms with E-state index in [0.717, 1.165) is 5.56 Å². The van der Waals surface area contributed by atoms with Crippen LogP contribution < -0.4 is 9.47 Å². The number of methoxy groups -OCH3 is 1. The van der Waals surface area contributed by atoms with Crippen LogP contribution in [0.15, 0.2) is 40.9 Å². The lowest BCUT2D eigenvalue weighted by molar-refractivity contribution is 0.257. The van der Waals surface area contributed by atoms with Crippen molar-refractivity contribution in [3.63, 3.8) is 0 Å². The van der Waals surface area contributed by atoms with Gasteiger partial charge in [-0.2, -0.15) is 0 Å². The summed E-state index contributed by atoms with van der Waals surface area (Å²) in [6.07, 6.45) is 0. The van der Waals surface area contributed by atoms with Gasteiger partial charge >= 0.3 is 0 Å². The molecule has 1 N–H and O–H groups in total. The Kier molecular flexibility index (Phi) is 4.98. The second-order valence-electron chi connectivity index (χ2n) is 4.16. The highest BCUT2D eigenvalue weighted by molar-refractivity contribution is 9.10. The highest BCUT2D eigenvalue weighted by atomic mass is 79.9. The van der Waals surface area contributed by atoms with Crippen molar-refractivity contribution in [2.24, 2.45) is 0 Å². The molecule has 0 radical (unpaired) electrons. The second kappa shape index (κ2) is 6.72. The maximum Gasteiger partial charge on any atom is 0.129 e. The summed E-state index contributed by atoms with van der Waals surface area (Å²) in [4.78, 5) is 0. The van der Waals surface area contributed by atoms with Gasteiger partial charge in [-0.3, -0.25) is 0 Å². The number of hydrogen-bond acceptors (Lipinski definition) is 3. The molecule has 0 atom stereocenters. The SMILES string of the molecule is COc1ccc(CO)c(OCc2ccc(F)cc2Br)c1. The number of rotatable bonds is 5. The van der Waals surface area contributed by atoms with E-state index < -0.39 is 0 Å². The Balaban J connectivity index is 2.17. The highest BCUT2D eigenvalue weighted by Gasteiger charge is 2.07. The minimum Gasteiger partial charge on any atom is -0.497 e. The quantitative estimate of drug-likeness (QED) is 0.902. The first kappa shape index (κ1) is 14.8. The van der Waals surface area contributed by atoms with E-state index in [4.69, 9.17) is 9.47 Å². The fraction of sp³-hybridized carbons (Fsp3) is 0.200. The van der Waals surface area contributed by atoms with E-state index in [-0.39, 0.29) is 19.0 Å². The number of ether oxygens (including phenoxy) is 2. The Morgan fingerprint density at radius 3 is 2.55 bits per heavy atom. The van der Waals surface area contributed by atoms with Gasteiger partial charge in [-0.15, -0.1) is 0 Å². The van der Waals surface area contributed by atoms with E-state index >= 15 is 0 Å². The Morgan fingerprint density at radius 2 is 1.90 bits per heavy atom. The molecule has 0 saturated heterocycles. The Morgan fingerprint density at radius 1 is 1.15 bits per heavy atom. The van der Waals surface area contributed by atoms with E-state index in [1.54, 1.807) is 31.4 Å². The molecule has 0 aliphatic carbocycles. The molecular weight excluding hydrogens is 327 g/mol. The molecule has 0 aliphatic heterocycles. The number of aliphatic hydroxyl groups is 1. The molecule has 0 spiro atoms. The maximum absolute atomic E-state index is 13.0. The van der Waals surface area contributed by atoms with Crippen molar-refractivity contribution in [1.29, 1.82) is 0 Å². The summed E-state index contributed by atoms with van der Waals surface area (Å²) in [6.45, 7) is 0.144. The summed E-state index contributed by atoms with van der Waals surface area (Å²) in [6, 6.07) is 9.63. The molecule has 0 aliphatic rings. The van der Waals surface area contributed by atoms with Gasteiger partial charge in [-0.1, -0.05) is 22.0 Å². The smallest absolute Gasteiger partial charge is 0.129 e. The molecule has 3 nitrogen and oxygen atoms in total. The molecule has 0 amide bonds. The zero-order valence-corrected chi connectivity index (χ0v) is 12.5. The number of benzene rings is 2. The van der Waals surface area contributed by atoms with Crippen LogP contribution in [0.2, 0.25) is 0 Å². The molecule has 2 aromatic carbocycles. The van der Waals surface area contributed by atoms with Gasteiger partial charge in [0.15, 0.2) is 0 Å². The van der Waals surface area contributed by atoms with Crippen molar-refractivity contribution in [3.8, 4) is 11.5 Å². The van der Waals surface area contributed by atoms with Gasteiger partial charge in [-0.05, 0) is 24.3 Å². The summed E-state index contributed by atoms with van der Waals surface area (Å²) in [5.41, 5.74) is 1.49. The van der Waals surface area contributed by atoms with E-state index in [9.17, 15) is 9.50 Å². The van der Waals surface area contributed by atoms with Gasteiger partial charge in [0.25, 0.3) is 0 Å². The average molecular weight is 341 g/mol. The number of hydrogen-bond donors (Lipinski definition) is 1. The van der Waals surface area contributed by atoms with Crippen LogP contribution in [0.25, 0.3) is 0 Å². The minimum absolute atomic E-state index is 0.121. The molecule has 2 aromatic rings. The first-order valence-corrected chi connectivity index (χ1v) is 6.78. The van der Waals surface area contributed by atoms with Crippen LogP contribution >= 0.6 is 15.9 Å². The van der Waals surface area contributed by atoms with Gasteiger partial charge in [0.2, 0.25) is 0 Å². The first-order chi connectivity index (χ1) is 9.63. The van der Waals surface area contributed by atoms with Gasteiger partial charge in [0.05, 0.1) is 13.7 Å². The van der Waals surface area contributed by atoms with E-state index in [1.807, 2.05) is 0 Å². The fourth-order valence-corrected chi connectivity index (χ4v) is 2.19. The van der Waals surface area contributed by atoms with E-state index in [0.29, 0.717) is 21.5 Å². The lowest BCUT2D eigenvalue weighted by Crippen LogP contribution is -2.00. The number of aliphatic hydroxyl groups excluding tert-OH is 1. The Hall–Kier alpha value is -1.59. The molecule has 0 fully saturated rings. The summed E-state index contributed by atoms with van der Waals surface area (Å²) >= 11 is 3.29. The van der Waals surface area contributed by atoms with Crippen LogP contribution in [0.3, 0.4) is 0 Å². The molecular formula is C15H14BrFO3. The molecule has 2 rings (SSSR count). The van der Waals surface area contributed by atoms with Gasteiger partial charge < -0.3 is 14.6 Å². The molecule has 0 unspecified atom stereocenters. The molecule has 5 heteroatoms. The van der Waals surface area contributed by atoms with Crippen molar-refractivity contribution in [1.82, 2.24) is 0 Å². The lowest BCUT2D eigenvalue weighted by Gasteiger charge is -2.12. The molecule has 20 heavy (non-hydrogen) atoms. The Labute approximate surface area is 125 Å². The first-order valence-electron chi connectivity index (χ1n) is 5.98. The lowest BCUT2D eigenvalue weighted by atomic mass is 10.2. The zero-order valence-electron chi connectivity index (χ0n) is 10.9. The predicted octanol–water partition coefficient (Wildman–Crippen LogP) is 3.67. The van der Waals surface area contributed by atoms with Crippen molar-refractivity contribution in [2.45, 2.75) is 13.2 Å². The average Bonchev–Trinajstić information content (AvgIpc) is 2.46. The highest BCUT2D eigenvalue weighted by Crippen LogP contribution is 2.27. The Bertz CT molecular complexity index is 602. The second-order valence-corrected chi connectivity index (χ2v) is 5.01. The molecule has 0 saturated carbocycles. The minimum atomic E-state index is -0.307. The van der Waals surface area contributed by atoms with Gasteiger partial charge in [0.1, 0.15) is 23.9 Å². The normalized spacial score (nSPS) is 10.4. The molecule has 0 heterocycles. The van der Waals surface area contributed by atoms with Gasteiger partial charge in [-0.25, -0.2) is 4.39 Å². The summed E-state index contributed by atoms with van der Waals surface area (Å²) < 4.78 is 24.5. The zero-order chi connectivity index (χ0) is 14.5. The van der Waals surface area contributed by atoms with Crippen molar-refractivity contribution < 1.29 is 19.0 Å². The predicted molar refractivity (Wildman–Crippen MR) is 77.3 cm³/mol. The summed E-state index contributed by atoms with van der Waals surface area (Å²) in [5.74, 6) is 0.886. The van der Waals surface area contributed by atoms with Crippen LogP contribution in [0.1, 0.15) is 11.1 Å². The third-order valence-corrected chi connectivity index (χ3v) is 3.58. The van der Waals surface area contributed by atoms with Crippen LogP contribution in [-0.2, 0) is 13.2 Å². The van der Waals surface area contributed by atoms with Crippen molar-refractivity contribution >= 4 is 15.9 Å². The van der Waals surface area contributed by atoms with E-state index in [2.05, 4.69) is 15.9 Å². The fourth-order valence-electron chi connectivity index (χ4n) is 1.72. The molecule has 0 aromatic heterocycles. The largest absolute Gasteiger partial charge is 0.497 e. The standard InChI is InChI=1S/C15H14BrFO3/c1-19-13-5-3-10(8-18)15(7-13)20-9-11-2-4-12(17)6-14(11)16/h2-7,18H,8-9H2,1H3. The van der Waals surface area contributed by atoms with Crippen LogP contribution in [0.5, 0.6) is 11.5 Å².